The lowest BCUT2D eigenvalue weighted by atomic mass is 10.1. The van der Waals surface area contributed by atoms with Gasteiger partial charge in [0.25, 0.3) is 5.91 Å². The minimum Gasteiger partial charge on any atom is -0.368 e. The van der Waals surface area contributed by atoms with Gasteiger partial charge in [-0.05, 0) is 17.7 Å². The molecule has 0 aliphatic rings. The number of carbonyl (C=O) groups is 2. The van der Waals surface area contributed by atoms with E-state index in [2.05, 4.69) is 15.3 Å². The van der Waals surface area contributed by atoms with Gasteiger partial charge in [0, 0.05) is 24.2 Å². The molecule has 3 rings (SSSR count). The van der Waals surface area contributed by atoms with Crippen molar-refractivity contribution in [1.82, 2.24) is 19.9 Å². The van der Waals surface area contributed by atoms with Gasteiger partial charge in [0.05, 0.1) is 0 Å². The van der Waals surface area contributed by atoms with Crippen LogP contribution in [0.3, 0.4) is 0 Å². The topological polar surface area (TPSA) is 103 Å². The Morgan fingerprint density at radius 1 is 1.12 bits per heavy atom. The molecule has 0 bridgehead atoms. The fraction of sp³-hybridized carbons (Fsp3) is 0.0588. The molecule has 3 N–H and O–H groups in total. The highest BCUT2D eigenvalue weighted by Crippen LogP contribution is 2.14. The van der Waals surface area contributed by atoms with Gasteiger partial charge in [0.15, 0.2) is 0 Å². The van der Waals surface area contributed by atoms with Crippen LogP contribution in [0.5, 0.6) is 0 Å². The first kappa shape index (κ1) is 15.4. The molecule has 0 fully saturated rings. The number of nitrogens with two attached hydrogens (primary N) is 1. The molecule has 2 aromatic heterocycles. The molecular formula is C17H15N5O2. The van der Waals surface area contributed by atoms with Gasteiger partial charge in [-0.3, -0.25) is 14.2 Å². The van der Waals surface area contributed by atoms with Gasteiger partial charge in [-0.2, -0.15) is 0 Å². The van der Waals surface area contributed by atoms with Crippen molar-refractivity contribution < 1.29 is 9.59 Å². The number of benzene rings is 1. The molecule has 7 nitrogen and oxygen atoms in total. The van der Waals surface area contributed by atoms with E-state index in [0.29, 0.717) is 16.9 Å². The average Bonchev–Trinajstić information content (AvgIpc) is 3.15. The maximum absolute atomic E-state index is 12.5. The Morgan fingerprint density at radius 3 is 2.58 bits per heavy atom. The monoisotopic (exact) mass is 321 g/mol. The van der Waals surface area contributed by atoms with Crippen LogP contribution < -0.4 is 11.1 Å². The molecule has 3 aromatic rings. The van der Waals surface area contributed by atoms with Crippen LogP contribution in [-0.2, 0) is 4.79 Å². The molecule has 0 saturated heterocycles. The molecule has 2 heterocycles. The summed E-state index contributed by atoms with van der Waals surface area (Å²) < 4.78 is 1.68. The predicted octanol–water partition coefficient (Wildman–Crippen LogP) is 1.22. The van der Waals surface area contributed by atoms with Crippen LogP contribution in [0.25, 0.3) is 5.82 Å². The van der Waals surface area contributed by atoms with E-state index < -0.39 is 17.9 Å². The van der Waals surface area contributed by atoms with Crippen molar-refractivity contribution in [2.45, 2.75) is 6.04 Å². The second kappa shape index (κ2) is 6.74. The number of hydrogen-bond donors (Lipinski definition) is 2. The molecule has 1 aromatic carbocycles. The number of imidazole rings is 1. The summed E-state index contributed by atoms with van der Waals surface area (Å²) in [5.41, 5.74) is 6.42. The quantitative estimate of drug-likeness (QED) is 0.737. The maximum atomic E-state index is 12.5. The zero-order chi connectivity index (χ0) is 16.9. The number of aromatic nitrogens is 3. The summed E-state index contributed by atoms with van der Waals surface area (Å²) in [6.07, 6.45) is 6.44. The van der Waals surface area contributed by atoms with Crippen molar-refractivity contribution >= 4 is 11.8 Å². The van der Waals surface area contributed by atoms with E-state index >= 15 is 0 Å². The minimum atomic E-state index is -0.899. The van der Waals surface area contributed by atoms with Gasteiger partial charge in [0.1, 0.15) is 18.2 Å². The Bertz CT molecular complexity index is 846. The highest BCUT2D eigenvalue weighted by atomic mass is 16.2. The average molecular weight is 321 g/mol. The molecule has 7 heteroatoms. The fourth-order valence-corrected chi connectivity index (χ4v) is 2.27. The van der Waals surface area contributed by atoms with Gasteiger partial charge in [-0.15, -0.1) is 0 Å². The largest absolute Gasteiger partial charge is 0.368 e. The Hall–Kier alpha value is -3.48. The Labute approximate surface area is 138 Å². The van der Waals surface area contributed by atoms with Crippen molar-refractivity contribution in [2.75, 3.05) is 0 Å². The smallest absolute Gasteiger partial charge is 0.252 e. The number of carbonyl (C=O) groups excluding carboxylic acids is 2. The first-order valence-corrected chi connectivity index (χ1v) is 7.24. The number of rotatable bonds is 5. The second-order valence-corrected chi connectivity index (χ2v) is 5.09. The van der Waals surface area contributed by atoms with Crippen LogP contribution in [0.1, 0.15) is 22.0 Å². The van der Waals surface area contributed by atoms with E-state index in [1.165, 1.54) is 6.20 Å². The summed E-state index contributed by atoms with van der Waals surface area (Å²) in [5.74, 6) is -0.486. The zero-order valence-corrected chi connectivity index (χ0v) is 12.7. The number of amides is 2. The Kier molecular flexibility index (Phi) is 4.33. The lowest BCUT2D eigenvalue weighted by Crippen LogP contribution is -2.37. The SMILES string of the molecule is NC(=O)C(NC(=O)c1ccnc(-n2ccnc2)c1)c1ccccc1. The summed E-state index contributed by atoms with van der Waals surface area (Å²) >= 11 is 0. The lowest BCUT2D eigenvalue weighted by Gasteiger charge is -2.16. The summed E-state index contributed by atoms with van der Waals surface area (Å²) in [4.78, 5) is 32.3. The number of nitrogens with zero attached hydrogens (tertiary/aromatic N) is 3. The maximum Gasteiger partial charge on any atom is 0.252 e. The predicted molar refractivity (Wildman–Crippen MR) is 87.2 cm³/mol. The Balaban J connectivity index is 1.84. The van der Waals surface area contributed by atoms with Gasteiger partial charge in [-0.1, -0.05) is 30.3 Å². The van der Waals surface area contributed by atoms with Gasteiger partial charge >= 0.3 is 0 Å². The van der Waals surface area contributed by atoms with Gasteiger partial charge in [0.2, 0.25) is 5.91 Å². The third-order valence-corrected chi connectivity index (χ3v) is 3.47. The molecule has 0 spiro atoms. The molecule has 0 aliphatic heterocycles. The molecule has 1 unspecified atom stereocenters. The first-order valence-electron chi connectivity index (χ1n) is 7.24. The minimum absolute atomic E-state index is 0.371. The van der Waals surface area contributed by atoms with Gasteiger partial charge < -0.3 is 11.1 Å². The third kappa shape index (κ3) is 3.30. The number of nitrogens with one attached hydrogen (secondary N) is 1. The summed E-state index contributed by atoms with van der Waals surface area (Å²) in [6, 6.07) is 11.1. The first-order chi connectivity index (χ1) is 11.6. The molecule has 24 heavy (non-hydrogen) atoms. The molecule has 0 saturated carbocycles. The number of primary amides is 1. The summed E-state index contributed by atoms with van der Waals surface area (Å²) in [7, 11) is 0. The number of hydrogen-bond acceptors (Lipinski definition) is 4. The van der Waals surface area contributed by atoms with Gasteiger partial charge in [-0.25, -0.2) is 9.97 Å². The molecular weight excluding hydrogens is 306 g/mol. The van der Waals surface area contributed by atoms with Crippen molar-refractivity contribution in [3.05, 3.63) is 78.5 Å². The molecule has 120 valence electrons. The van der Waals surface area contributed by atoms with Crippen molar-refractivity contribution in [2.24, 2.45) is 5.73 Å². The van der Waals surface area contributed by atoms with Crippen LogP contribution in [0.4, 0.5) is 0 Å². The standard InChI is InChI=1S/C17H15N5O2/c18-16(23)15(12-4-2-1-3-5-12)21-17(24)13-6-7-20-14(10-13)22-9-8-19-11-22/h1-11,15H,(H2,18,23)(H,21,24). The highest BCUT2D eigenvalue weighted by molar-refractivity contribution is 5.97. The number of pyridine rings is 1. The van der Waals surface area contributed by atoms with E-state index in [9.17, 15) is 9.59 Å². The van der Waals surface area contributed by atoms with E-state index in [1.54, 1.807) is 59.7 Å². The summed E-state index contributed by atoms with van der Waals surface area (Å²) in [5, 5.41) is 2.66. The van der Waals surface area contributed by atoms with E-state index in [1.807, 2.05) is 6.07 Å². The fourth-order valence-electron chi connectivity index (χ4n) is 2.27. The second-order valence-electron chi connectivity index (χ2n) is 5.09. The molecule has 2 amide bonds. The lowest BCUT2D eigenvalue weighted by molar-refractivity contribution is -0.120. The normalized spacial score (nSPS) is 11.7. The van der Waals surface area contributed by atoms with E-state index in [-0.39, 0.29) is 0 Å². The Morgan fingerprint density at radius 2 is 1.92 bits per heavy atom. The highest BCUT2D eigenvalue weighted by Gasteiger charge is 2.21. The van der Waals surface area contributed by atoms with Crippen molar-refractivity contribution in [1.29, 1.82) is 0 Å². The van der Waals surface area contributed by atoms with E-state index in [0.717, 1.165) is 0 Å². The molecule has 1 atom stereocenters. The van der Waals surface area contributed by atoms with Crippen LogP contribution in [-0.4, -0.2) is 26.3 Å². The third-order valence-electron chi connectivity index (χ3n) is 3.47. The van der Waals surface area contributed by atoms with Crippen molar-refractivity contribution in [3.63, 3.8) is 0 Å². The van der Waals surface area contributed by atoms with Crippen LogP contribution in [0.2, 0.25) is 0 Å². The van der Waals surface area contributed by atoms with E-state index in [4.69, 9.17) is 5.73 Å². The molecule has 0 aliphatic carbocycles. The van der Waals surface area contributed by atoms with Crippen LogP contribution in [0, 0.1) is 0 Å². The summed E-state index contributed by atoms with van der Waals surface area (Å²) in [6.45, 7) is 0. The van der Waals surface area contributed by atoms with Crippen LogP contribution in [0.15, 0.2) is 67.4 Å². The molecule has 0 radical (unpaired) electrons. The van der Waals surface area contributed by atoms with Crippen molar-refractivity contribution in [3.8, 4) is 5.82 Å². The zero-order valence-electron chi connectivity index (χ0n) is 12.7. The van der Waals surface area contributed by atoms with Crippen LogP contribution >= 0.6 is 0 Å².